The number of rotatable bonds is 3. The molecule has 5 aromatic carbocycles. The third-order valence-corrected chi connectivity index (χ3v) is 14.7. The van der Waals surface area contributed by atoms with Crippen molar-refractivity contribution in [3.8, 4) is 0 Å². The molecule has 0 spiro atoms. The molecular formula is C34H22N3PSe. The van der Waals surface area contributed by atoms with E-state index >= 15 is 0 Å². The molecule has 3 aromatic heterocycles. The van der Waals surface area contributed by atoms with Gasteiger partial charge in [0, 0.05) is 0 Å². The van der Waals surface area contributed by atoms with Crippen LogP contribution in [0.25, 0.3) is 49.1 Å². The molecule has 0 fully saturated rings. The van der Waals surface area contributed by atoms with E-state index in [2.05, 4.69) is 140 Å². The minimum absolute atomic E-state index is 0.993. The molecule has 3 nitrogen and oxygen atoms in total. The summed E-state index contributed by atoms with van der Waals surface area (Å²) < 4.78 is 2.30. The molecule has 0 aliphatic rings. The van der Waals surface area contributed by atoms with Gasteiger partial charge in [0.2, 0.25) is 0 Å². The molecule has 5 heteroatoms. The van der Waals surface area contributed by atoms with Crippen molar-refractivity contribution in [1.82, 2.24) is 14.4 Å². The van der Waals surface area contributed by atoms with Crippen molar-refractivity contribution >= 4 is 85.6 Å². The second-order valence-electron chi connectivity index (χ2n) is 9.86. The number of fused-ring (bicyclic) bond motifs is 9. The van der Waals surface area contributed by atoms with Crippen molar-refractivity contribution in [1.29, 1.82) is 0 Å². The van der Waals surface area contributed by atoms with Crippen LogP contribution >= 0.6 is 5.51 Å². The Bertz CT molecular complexity index is 2270. The van der Waals surface area contributed by atoms with Crippen molar-refractivity contribution in [3.05, 3.63) is 134 Å². The molecule has 8 aromatic rings. The van der Waals surface area contributed by atoms with Crippen molar-refractivity contribution in [3.63, 3.8) is 0 Å². The van der Waals surface area contributed by atoms with E-state index in [0.717, 1.165) is 22.1 Å². The number of pyridine rings is 2. The Kier molecular flexibility index (Phi) is 5.12. The van der Waals surface area contributed by atoms with Crippen LogP contribution in [0, 0.1) is 0 Å². The first-order valence-corrected chi connectivity index (χ1v) is 16.9. The van der Waals surface area contributed by atoms with Crippen LogP contribution in [-0.2, 0) is 0 Å². The quantitative estimate of drug-likeness (QED) is 0.132. The Morgan fingerprint density at radius 1 is 0.564 bits per heavy atom. The van der Waals surface area contributed by atoms with Crippen LogP contribution in [0.2, 0.25) is 0 Å². The Balaban J connectivity index is 1.48. The zero-order valence-electron chi connectivity index (χ0n) is 20.9. The van der Waals surface area contributed by atoms with E-state index in [-0.39, 0.29) is 0 Å². The fourth-order valence-electron chi connectivity index (χ4n) is 5.85. The average Bonchev–Trinajstić information content (AvgIpc) is 3.41. The number of aromatic nitrogens is 3. The Labute approximate surface area is 233 Å². The molecule has 8 rings (SSSR count). The third kappa shape index (κ3) is 3.40. The van der Waals surface area contributed by atoms with E-state index in [4.69, 9.17) is 4.98 Å². The van der Waals surface area contributed by atoms with Gasteiger partial charge in [-0.15, -0.1) is 0 Å². The van der Waals surface area contributed by atoms with Gasteiger partial charge in [0.15, 0.2) is 0 Å². The van der Waals surface area contributed by atoms with Gasteiger partial charge in [0.05, 0.1) is 0 Å². The van der Waals surface area contributed by atoms with Crippen LogP contribution in [-0.4, -0.2) is 29.5 Å². The standard InChI is InChI=1S/C34H22N3PSe/c39-38(27-10-7-19-35-22-27,25-16-15-23-8-1-2-9-24(23)20-25)26-17-18-29-30(21-26)28-11-3-5-13-32(28)37-33-14-6-4-12-31(33)36-34(29)37/h1-22H. The Morgan fingerprint density at radius 3 is 2.18 bits per heavy atom. The number of hydrogen-bond acceptors (Lipinski definition) is 2. The van der Waals surface area contributed by atoms with Crippen LogP contribution in [0.3, 0.4) is 0 Å². The second kappa shape index (κ2) is 8.73. The maximum atomic E-state index is 5.09. The predicted molar refractivity (Wildman–Crippen MR) is 167 cm³/mol. The summed E-state index contributed by atoms with van der Waals surface area (Å²) in [6.45, 7) is 0. The molecule has 0 saturated heterocycles. The molecule has 3 heterocycles. The number of hydrogen-bond donors (Lipinski definition) is 0. The molecule has 0 amide bonds. The number of para-hydroxylation sites is 3. The first-order chi connectivity index (χ1) is 19.2. The van der Waals surface area contributed by atoms with E-state index in [0.29, 0.717) is 0 Å². The van der Waals surface area contributed by atoms with Crippen LogP contribution in [0.15, 0.2) is 134 Å². The van der Waals surface area contributed by atoms with E-state index in [1.807, 2.05) is 18.5 Å². The molecule has 1 unspecified atom stereocenters. The van der Waals surface area contributed by atoms with E-state index in [1.165, 1.54) is 43.0 Å². The van der Waals surface area contributed by atoms with Gasteiger partial charge in [-0.1, -0.05) is 0 Å². The number of nitrogens with zero attached hydrogens (tertiary/aromatic N) is 3. The Morgan fingerprint density at radius 2 is 1.31 bits per heavy atom. The van der Waals surface area contributed by atoms with E-state index in [1.54, 1.807) is 0 Å². The molecule has 0 radical (unpaired) electrons. The van der Waals surface area contributed by atoms with Gasteiger partial charge in [-0.05, 0) is 0 Å². The molecule has 0 aliphatic heterocycles. The summed E-state index contributed by atoms with van der Waals surface area (Å²) in [5.74, 6) is 0. The van der Waals surface area contributed by atoms with Gasteiger partial charge in [-0.3, -0.25) is 0 Å². The molecule has 39 heavy (non-hydrogen) atoms. The predicted octanol–water partition coefficient (Wildman–Crippen LogP) is 6.72. The second-order valence-corrected chi connectivity index (χ2v) is 16.1. The first-order valence-electron chi connectivity index (χ1n) is 12.9. The van der Waals surface area contributed by atoms with Crippen LogP contribution in [0.5, 0.6) is 0 Å². The van der Waals surface area contributed by atoms with Gasteiger partial charge in [-0.25, -0.2) is 0 Å². The average molecular weight is 583 g/mol. The van der Waals surface area contributed by atoms with Gasteiger partial charge < -0.3 is 0 Å². The van der Waals surface area contributed by atoms with Crippen LogP contribution in [0.1, 0.15) is 0 Å². The summed E-state index contributed by atoms with van der Waals surface area (Å²) in [6, 6.07) is 43.7. The number of benzene rings is 5. The third-order valence-electron chi connectivity index (χ3n) is 7.71. The first kappa shape index (κ1) is 22.9. The maximum absolute atomic E-state index is 5.09. The topological polar surface area (TPSA) is 30.2 Å². The van der Waals surface area contributed by atoms with Gasteiger partial charge in [0.1, 0.15) is 0 Å². The Hall–Kier alpha value is -4.07. The number of imidazole rings is 1. The summed E-state index contributed by atoms with van der Waals surface area (Å²) in [5.41, 5.74) is 2.19. The van der Waals surface area contributed by atoms with Crippen molar-refractivity contribution < 1.29 is 0 Å². The summed E-state index contributed by atoms with van der Waals surface area (Å²) in [5, 5.41) is 9.89. The van der Waals surface area contributed by atoms with E-state index < -0.39 is 5.51 Å². The van der Waals surface area contributed by atoms with Crippen LogP contribution < -0.4 is 15.9 Å². The summed E-state index contributed by atoms with van der Waals surface area (Å²) >= 11 is 3.73. The molecule has 0 bridgehead atoms. The normalized spacial score (nSPS) is 13.4. The fraction of sp³-hybridized carbons (Fsp3) is 0. The van der Waals surface area contributed by atoms with Gasteiger partial charge in [0.25, 0.3) is 0 Å². The monoisotopic (exact) mass is 583 g/mol. The van der Waals surface area contributed by atoms with Crippen LogP contribution in [0.4, 0.5) is 0 Å². The molecule has 0 saturated carbocycles. The molecule has 184 valence electrons. The fourth-order valence-corrected chi connectivity index (χ4v) is 10.6. The molecular weight excluding hydrogens is 560 g/mol. The summed E-state index contributed by atoms with van der Waals surface area (Å²) in [4.78, 5) is 9.63. The zero-order valence-corrected chi connectivity index (χ0v) is 23.5. The molecule has 0 N–H and O–H groups in total. The van der Waals surface area contributed by atoms with Gasteiger partial charge >= 0.3 is 234 Å². The minimum atomic E-state index is -2.12. The summed E-state index contributed by atoms with van der Waals surface area (Å²) in [6.07, 6.45) is 3.87. The van der Waals surface area contributed by atoms with Crippen molar-refractivity contribution in [2.45, 2.75) is 0 Å². The summed E-state index contributed by atoms with van der Waals surface area (Å²) in [7, 11) is 0. The van der Waals surface area contributed by atoms with Gasteiger partial charge in [-0.2, -0.15) is 0 Å². The zero-order chi connectivity index (χ0) is 26.0. The van der Waals surface area contributed by atoms with Crippen molar-refractivity contribution in [2.24, 2.45) is 0 Å². The molecule has 1 atom stereocenters. The van der Waals surface area contributed by atoms with Crippen molar-refractivity contribution in [2.75, 3.05) is 0 Å². The SMILES string of the molecule is [Se]=P(c1cccnc1)(c1ccc2ccccc2c1)c1ccc2c(c1)c1ccccc1n1c3ccccc3nc21. The van der Waals surface area contributed by atoms with E-state index in [9.17, 15) is 0 Å². The molecule has 0 aliphatic carbocycles.